The molecule has 3 rings (SSSR count). The fourth-order valence-corrected chi connectivity index (χ4v) is 3.21. The minimum atomic E-state index is -0.0909. The van der Waals surface area contributed by atoms with Crippen molar-refractivity contribution in [3.05, 3.63) is 45.9 Å². The fraction of sp³-hybridized carbons (Fsp3) is 0.333. The standard InChI is InChI=1S/C15H15N3O2S/c1-10-7-18(8-14(20-10)12-2-3-21-9-12)15(19)13-4-11(5-16)6-17-13/h2-4,6,9-10,14,17H,7-8H2,1H3/t10-,14-/m1/s1. The van der Waals surface area contributed by atoms with Crippen molar-refractivity contribution in [1.82, 2.24) is 9.88 Å². The van der Waals surface area contributed by atoms with Gasteiger partial charge in [0.05, 0.1) is 18.2 Å². The van der Waals surface area contributed by atoms with Gasteiger partial charge in [-0.25, -0.2) is 0 Å². The van der Waals surface area contributed by atoms with Crippen LogP contribution in [0.2, 0.25) is 0 Å². The summed E-state index contributed by atoms with van der Waals surface area (Å²) in [6.45, 7) is 3.05. The summed E-state index contributed by atoms with van der Waals surface area (Å²) in [6.07, 6.45) is 1.44. The summed E-state index contributed by atoms with van der Waals surface area (Å²) in [5, 5.41) is 12.9. The molecule has 0 radical (unpaired) electrons. The number of hydrogen-bond donors (Lipinski definition) is 1. The van der Waals surface area contributed by atoms with E-state index in [9.17, 15) is 4.79 Å². The van der Waals surface area contributed by atoms with Crippen LogP contribution in [-0.4, -0.2) is 35.0 Å². The molecule has 2 aromatic heterocycles. The lowest BCUT2D eigenvalue weighted by Crippen LogP contribution is -2.46. The third-order valence-corrected chi connectivity index (χ3v) is 4.21. The molecule has 0 aromatic carbocycles. The zero-order valence-corrected chi connectivity index (χ0v) is 12.4. The zero-order chi connectivity index (χ0) is 14.8. The number of amides is 1. The summed E-state index contributed by atoms with van der Waals surface area (Å²) < 4.78 is 5.92. The highest BCUT2D eigenvalue weighted by atomic mass is 32.1. The average molecular weight is 301 g/mol. The van der Waals surface area contributed by atoms with Crippen molar-refractivity contribution < 1.29 is 9.53 Å². The van der Waals surface area contributed by atoms with Gasteiger partial charge in [-0.05, 0) is 35.4 Å². The molecule has 0 spiro atoms. The van der Waals surface area contributed by atoms with E-state index in [0.29, 0.717) is 24.3 Å². The van der Waals surface area contributed by atoms with Crippen molar-refractivity contribution >= 4 is 17.2 Å². The van der Waals surface area contributed by atoms with Crippen LogP contribution in [-0.2, 0) is 4.74 Å². The number of hydrogen-bond acceptors (Lipinski definition) is 4. The van der Waals surface area contributed by atoms with Crippen molar-refractivity contribution in [1.29, 1.82) is 5.26 Å². The van der Waals surface area contributed by atoms with Gasteiger partial charge < -0.3 is 14.6 Å². The number of nitrogens with zero attached hydrogens (tertiary/aromatic N) is 2. The number of carbonyl (C=O) groups is 1. The first-order chi connectivity index (χ1) is 10.2. The second-order valence-corrected chi connectivity index (χ2v) is 5.90. The van der Waals surface area contributed by atoms with Crippen LogP contribution in [0.15, 0.2) is 29.1 Å². The molecule has 6 heteroatoms. The number of ether oxygens (including phenoxy) is 1. The predicted molar refractivity (Wildman–Crippen MR) is 79.0 cm³/mol. The van der Waals surface area contributed by atoms with E-state index in [-0.39, 0.29) is 18.1 Å². The second-order valence-electron chi connectivity index (χ2n) is 5.12. The van der Waals surface area contributed by atoms with Crippen molar-refractivity contribution in [3.63, 3.8) is 0 Å². The number of H-pyrrole nitrogens is 1. The topological polar surface area (TPSA) is 69.1 Å². The van der Waals surface area contributed by atoms with Crippen LogP contribution in [0.5, 0.6) is 0 Å². The van der Waals surface area contributed by atoms with Crippen LogP contribution < -0.4 is 0 Å². The van der Waals surface area contributed by atoms with Crippen molar-refractivity contribution in [2.45, 2.75) is 19.1 Å². The normalized spacial score (nSPS) is 22.0. The van der Waals surface area contributed by atoms with Gasteiger partial charge in [0.1, 0.15) is 17.9 Å². The Kier molecular flexibility index (Phi) is 3.78. The van der Waals surface area contributed by atoms with Gasteiger partial charge in [0.25, 0.3) is 5.91 Å². The monoisotopic (exact) mass is 301 g/mol. The molecule has 1 aliphatic rings. The largest absolute Gasteiger partial charge is 0.367 e. The van der Waals surface area contributed by atoms with Gasteiger partial charge in [0.15, 0.2) is 0 Å². The lowest BCUT2D eigenvalue weighted by atomic mass is 10.1. The maximum absolute atomic E-state index is 12.5. The molecule has 1 aliphatic heterocycles. The molecule has 1 saturated heterocycles. The number of aromatic amines is 1. The Balaban J connectivity index is 1.78. The Morgan fingerprint density at radius 3 is 3.10 bits per heavy atom. The Labute approximate surface area is 126 Å². The van der Waals surface area contributed by atoms with Crippen LogP contribution in [0.3, 0.4) is 0 Å². The summed E-state index contributed by atoms with van der Waals surface area (Å²) in [6, 6.07) is 5.63. The molecule has 0 aliphatic carbocycles. The Morgan fingerprint density at radius 2 is 2.43 bits per heavy atom. The summed E-state index contributed by atoms with van der Waals surface area (Å²) in [5.74, 6) is -0.0909. The van der Waals surface area contributed by atoms with E-state index in [2.05, 4.69) is 4.98 Å². The molecule has 3 heterocycles. The van der Waals surface area contributed by atoms with E-state index in [1.165, 1.54) is 0 Å². The number of carbonyl (C=O) groups excluding carboxylic acids is 1. The number of rotatable bonds is 2. The van der Waals surface area contributed by atoms with E-state index < -0.39 is 0 Å². The minimum absolute atomic E-state index is 0.0157. The molecule has 0 saturated carbocycles. The van der Waals surface area contributed by atoms with E-state index >= 15 is 0 Å². The third kappa shape index (κ3) is 2.84. The van der Waals surface area contributed by atoms with Gasteiger partial charge >= 0.3 is 0 Å². The van der Waals surface area contributed by atoms with Crippen molar-refractivity contribution in [3.8, 4) is 6.07 Å². The molecule has 1 amide bonds. The predicted octanol–water partition coefficient (Wildman–Crippen LogP) is 2.55. The Morgan fingerprint density at radius 1 is 1.57 bits per heavy atom. The van der Waals surface area contributed by atoms with Gasteiger partial charge in [0, 0.05) is 12.7 Å². The van der Waals surface area contributed by atoms with E-state index in [0.717, 1.165) is 5.56 Å². The van der Waals surface area contributed by atoms with Gasteiger partial charge in [-0.15, -0.1) is 0 Å². The van der Waals surface area contributed by atoms with Crippen LogP contribution in [0.1, 0.15) is 34.6 Å². The minimum Gasteiger partial charge on any atom is -0.367 e. The fourth-order valence-electron chi connectivity index (χ4n) is 2.51. The molecule has 0 bridgehead atoms. The molecular formula is C15H15N3O2S. The van der Waals surface area contributed by atoms with E-state index in [1.807, 2.05) is 29.8 Å². The van der Waals surface area contributed by atoms with Crippen LogP contribution >= 0.6 is 11.3 Å². The quantitative estimate of drug-likeness (QED) is 0.926. The molecular weight excluding hydrogens is 286 g/mol. The number of morpholine rings is 1. The summed E-state index contributed by atoms with van der Waals surface area (Å²) >= 11 is 1.62. The SMILES string of the molecule is C[C@@H]1CN(C(=O)c2cc(C#N)c[nH]2)C[C@H](c2ccsc2)O1. The molecule has 0 unspecified atom stereocenters. The van der Waals surface area contributed by atoms with Gasteiger partial charge in [0.2, 0.25) is 0 Å². The summed E-state index contributed by atoms with van der Waals surface area (Å²) in [7, 11) is 0. The number of nitriles is 1. The van der Waals surface area contributed by atoms with Gasteiger partial charge in [-0.3, -0.25) is 4.79 Å². The summed E-state index contributed by atoms with van der Waals surface area (Å²) in [4.78, 5) is 17.2. The Hall–Kier alpha value is -2.10. The zero-order valence-electron chi connectivity index (χ0n) is 11.6. The smallest absolute Gasteiger partial charge is 0.270 e. The number of thiophene rings is 1. The summed E-state index contributed by atoms with van der Waals surface area (Å²) in [5.41, 5.74) is 2.02. The van der Waals surface area contributed by atoms with Crippen LogP contribution in [0.25, 0.3) is 0 Å². The molecule has 21 heavy (non-hydrogen) atoms. The first-order valence-electron chi connectivity index (χ1n) is 6.72. The first kappa shape index (κ1) is 13.9. The highest BCUT2D eigenvalue weighted by Crippen LogP contribution is 2.27. The maximum atomic E-state index is 12.5. The molecule has 2 aromatic rings. The molecule has 2 atom stereocenters. The second kappa shape index (κ2) is 5.72. The van der Waals surface area contributed by atoms with Crippen molar-refractivity contribution in [2.24, 2.45) is 0 Å². The van der Waals surface area contributed by atoms with E-state index in [1.54, 1.807) is 28.5 Å². The number of aromatic nitrogens is 1. The Bertz CT molecular complexity index is 671. The molecule has 1 fully saturated rings. The van der Waals surface area contributed by atoms with Crippen LogP contribution in [0.4, 0.5) is 0 Å². The third-order valence-electron chi connectivity index (χ3n) is 3.50. The first-order valence-corrected chi connectivity index (χ1v) is 7.67. The highest BCUT2D eigenvalue weighted by molar-refractivity contribution is 7.07. The lowest BCUT2D eigenvalue weighted by Gasteiger charge is -2.36. The van der Waals surface area contributed by atoms with Crippen molar-refractivity contribution in [2.75, 3.05) is 13.1 Å². The van der Waals surface area contributed by atoms with Crippen LogP contribution in [0, 0.1) is 11.3 Å². The number of nitrogens with one attached hydrogen (secondary N) is 1. The lowest BCUT2D eigenvalue weighted by molar-refractivity contribution is -0.0691. The van der Waals surface area contributed by atoms with Gasteiger partial charge in [-0.1, -0.05) is 0 Å². The highest BCUT2D eigenvalue weighted by Gasteiger charge is 2.30. The molecule has 5 nitrogen and oxygen atoms in total. The average Bonchev–Trinajstić information content (AvgIpc) is 3.17. The maximum Gasteiger partial charge on any atom is 0.270 e. The van der Waals surface area contributed by atoms with Gasteiger partial charge in [-0.2, -0.15) is 16.6 Å². The molecule has 108 valence electrons. The molecule has 1 N–H and O–H groups in total. The van der Waals surface area contributed by atoms with E-state index in [4.69, 9.17) is 10.00 Å².